The Kier molecular flexibility index (Phi) is 3.82. The third kappa shape index (κ3) is 2.35. The summed E-state index contributed by atoms with van der Waals surface area (Å²) in [7, 11) is 0. The second-order valence-corrected chi connectivity index (χ2v) is 6.81. The highest BCUT2D eigenvalue weighted by Gasteiger charge is 2.48. The maximum atomic E-state index is 13.3. The van der Waals surface area contributed by atoms with Crippen molar-refractivity contribution in [3.8, 4) is 11.6 Å². The van der Waals surface area contributed by atoms with E-state index in [1.165, 1.54) is 10.6 Å². The van der Waals surface area contributed by atoms with Gasteiger partial charge in [0.1, 0.15) is 5.69 Å². The van der Waals surface area contributed by atoms with E-state index in [1.54, 1.807) is 11.8 Å². The summed E-state index contributed by atoms with van der Waals surface area (Å²) >= 11 is 0. The molecule has 10 heteroatoms. The summed E-state index contributed by atoms with van der Waals surface area (Å²) in [5.74, 6) is -0.589. The molecule has 1 unspecified atom stereocenters. The Morgan fingerprint density at radius 1 is 1.39 bits per heavy atom. The van der Waals surface area contributed by atoms with Crippen molar-refractivity contribution in [2.24, 2.45) is 0 Å². The third-order valence-electron chi connectivity index (χ3n) is 5.34. The van der Waals surface area contributed by atoms with Crippen LogP contribution in [0.15, 0.2) is 23.0 Å². The first kappa shape index (κ1) is 18.2. The molecule has 1 amide bonds. The second kappa shape index (κ2) is 5.89. The van der Waals surface area contributed by atoms with E-state index >= 15 is 0 Å². The molecule has 0 radical (unpaired) electrons. The number of rotatable bonds is 2. The minimum absolute atomic E-state index is 0.112. The molecular weight excluding hydrogens is 377 g/mol. The quantitative estimate of drug-likeness (QED) is 0.799. The van der Waals surface area contributed by atoms with Gasteiger partial charge in [0.25, 0.3) is 0 Å². The molecule has 1 N–H and O–H groups in total. The van der Waals surface area contributed by atoms with Crippen molar-refractivity contribution >= 4 is 11.6 Å². The van der Waals surface area contributed by atoms with Crippen molar-refractivity contribution < 1.29 is 23.1 Å². The van der Waals surface area contributed by atoms with E-state index in [0.717, 1.165) is 10.6 Å². The van der Waals surface area contributed by atoms with E-state index in [1.807, 2.05) is 0 Å². The molecule has 2 aromatic rings. The number of fused-ring (bicyclic) bond motifs is 5. The van der Waals surface area contributed by atoms with Crippen LogP contribution >= 0.6 is 0 Å². The summed E-state index contributed by atoms with van der Waals surface area (Å²) < 4.78 is 42.0. The molecule has 1 aromatic carbocycles. The largest absolute Gasteiger partial charge is 0.493 e. The molecule has 2 bridgehead atoms. The molecule has 2 atom stereocenters. The first-order chi connectivity index (χ1) is 13.2. The average molecular weight is 392 g/mol. The van der Waals surface area contributed by atoms with Crippen LogP contribution in [0.25, 0.3) is 10.5 Å². The van der Waals surface area contributed by atoms with Crippen LogP contribution in [0.1, 0.15) is 43.1 Å². The molecule has 4 rings (SSSR count). The number of hydrogen-bond acceptors (Lipinski definition) is 3. The lowest BCUT2D eigenvalue weighted by Crippen LogP contribution is -2.37. The van der Waals surface area contributed by atoms with Crippen LogP contribution in [0.3, 0.4) is 0 Å². The van der Waals surface area contributed by atoms with Gasteiger partial charge >= 0.3 is 11.9 Å². The summed E-state index contributed by atoms with van der Waals surface area (Å²) in [6.45, 7) is 8.95. The number of imidazole rings is 1. The number of hydrogen-bond donors (Lipinski definition) is 1. The van der Waals surface area contributed by atoms with Crippen LogP contribution in [-0.2, 0) is 11.0 Å². The molecular formula is C18H15F3N4O3. The van der Waals surface area contributed by atoms with Gasteiger partial charge in [-0.25, -0.2) is 14.2 Å². The molecule has 146 valence electrons. The van der Waals surface area contributed by atoms with Gasteiger partial charge in [-0.2, -0.15) is 13.2 Å². The number of benzene rings is 1. The monoisotopic (exact) mass is 392 g/mol. The van der Waals surface area contributed by atoms with Gasteiger partial charge in [-0.1, -0.05) is 13.0 Å². The fourth-order valence-electron chi connectivity index (χ4n) is 4.15. The molecule has 0 aliphatic carbocycles. The Morgan fingerprint density at radius 2 is 2.11 bits per heavy atom. The van der Waals surface area contributed by atoms with Crippen molar-refractivity contribution in [3.05, 3.63) is 51.4 Å². The standard InChI is InChI=1S/C18H15F3N4O3/c1-3-14(26)23-8-10-7-13(23)15-16(27)25(17(28)24(10)15)9-4-5-12(22-2)11(6-9)18(19,20)21/h4-6,10,13,27H,3,7-8H2,1H3/t10?,13-/m1/s1. The Bertz CT molecular complexity index is 1090. The zero-order valence-corrected chi connectivity index (χ0v) is 14.7. The first-order valence-electron chi connectivity index (χ1n) is 8.63. The molecule has 3 heterocycles. The van der Waals surface area contributed by atoms with Crippen LogP contribution < -0.4 is 5.69 Å². The number of aromatic nitrogens is 2. The number of nitrogens with zero attached hydrogens (tertiary/aromatic N) is 4. The van der Waals surface area contributed by atoms with Crippen LogP contribution in [-0.4, -0.2) is 31.6 Å². The maximum absolute atomic E-state index is 13.3. The smallest absolute Gasteiger partial charge is 0.407 e. The highest BCUT2D eigenvalue weighted by molar-refractivity contribution is 5.77. The Labute approximate surface area is 157 Å². The fourth-order valence-corrected chi connectivity index (χ4v) is 4.15. The number of carbonyl (C=O) groups is 1. The highest BCUT2D eigenvalue weighted by Crippen LogP contribution is 2.49. The van der Waals surface area contributed by atoms with Gasteiger partial charge in [0.2, 0.25) is 11.8 Å². The Balaban J connectivity index is 1.87. The lowest BCUT2D eigenvalue weighted by Gasteiger charge is -2.27. The van der Waals surface area contributed by atoms with Crippen molar-refractivity contribution in [3.63, 3.8) is 0 Å². The topological polar surface area (TPSA) is 71.8 Å². The average Bonchev–Trinajstić information content (AvgIpc) is 3.31. The molecule has 7 nitrogen and oxygen atoms in total. The summed E-state index contributed by atoms with van der Waals surface area (Å²) in [6, 6.07) is 2.05. The normalized spacial score (nSPS) is 20.3. The number of aromatic hydroxyl groups is 1. The van der Waals surface area contributed by atoms with Gasteiger partial charge in [-0.3, -0.25) is 9.36 Å². The first-order valence-corrected chi connectivity index (χ1v) is 8.63. The molecule has 2 aliphatic rings. The molecule has 28 heavy (non-hydrogen) atoms. The number of carbonyl (C=O) groups excluding carboxylic acids is 1. The van der Waals surface area contributed by atoms with Gasteiger partial charge in [0, 0.05) is 13.0 Å². The van der Waals surface area contributed by atoms with Crippen molar-refractivity contribution in [1.82, 2.24) is 14.0 Å². The van der Waals surface area contributed by atoms with E-state index in [-0.39, 0.29) is 29.8 Å². The van der Waals surface area contributed by atoms with E-state index in [4.69, 9.17) is 6.57 Å². The minimum Gasteiger partial charge on any atom is -0.493 e. The van der Waals surface area contributed by atoms with Gasteiger partial charge < -0.3 is 10.0 Å². The lowest BCUT2D eigenvalue weighted by molar-refractivity contribution is -0.137. The highest BCUT2D eigenvalue weighted by atomic mass is 19.4. The predicted octanol–water partition coefficient (Wildman–Crippen LogP) is 3.15. The van der Waals surface area contributed by atoms with E-state index in [0.29, 0.717) is 19.0 Å². The molecule has 0 saturated carbocycles. The number of halogens is 3. The molecule has 1 fully saturated rings. The van der Waals surface area contributed by atoms with Gasteiger partial charge in [0.15, 0.2) is 5.69 Å². The predicted molar refractivity (Wildman–Crippen MR) is 91.4 cm³/mol. The van der Waals surface area contributed by atoms with Crippen molar-refractivity contribution in [2.75, 3.05) is 6.54 Å². The van der Waals surface area contributed by atoms with Crippen LogP contribution in [0.4, 0.5) is 18.9 Å². The Morgan fingerprint density at radius 3 is 2.71 bits per heavy atom. The maximum Gasteiger partial charge on any atom is 0.407 e. The van der Waals surface area contributed by atoms with E-state index < -0.39 is 35.0 Å². The second-order valence-electron chi connectivity index (χ2n) is 6.81. The van der Waals surface area contributed by atoms with Crippen molar-refractivity contribution in [1.29, 1.82) is 0 Å². The summed E-state index contributed by atoms with van der Waals surface area (Å²) in [5.41, 5.74) is -2.37. The van der Waals surface area contributed by atoms with Crippen molar-refractivity contribution in [2.45, 2.75) is 38.0 Å². The minimum atomic E-state index is -4.78. The molecule has 1 saturated heterocycles. The van der Waals surface area contributed by atoms with E-state index in [2.05, 4.69) is 4.85 Å². The zero-order valence-electron chi connectivity index (χ0n) is 14.7. The number of likely N-dealkylation sites (tertiary alicyclic amines) is 1. The molecule has 1 aromatic heterocycles. The zero-order chi connectivity index (χ0) is 20.4. The SMILES string of the molecule is [C-]#[N+]c1ccc(-n2c(O)c3n(c2=O)C2C[C@H]3N(C(=O)CC)C2)cc1C(F)(F)F. The lowest BCUT2D eigenvalue weighted by atomic mass is 10.1. The molecule has 2 aliphatic heterocycles. The van der Waals surface area contributed by atoms with Gasteiger partial charge in [0.05, 0.1) is 29.9 Å². The summed E-state index contributed by atoms with van der Waals surface area (Å²) in [6.07, 6.45) is -4.00. The Hall–Kier alpha value is -3.22. The van der Waals surface area contributed by atoms with Crippen LogP contribution in [0.2, 0.25) is 0 Å². The summed E-state index contributed by atoms with van der Waals surface area (Å²) in [4.78, 5) is 29.4. The van der Waals surface area contributed by atoms with E-state index in [9.17, 15) is 27.9 Å². The van der Waals surface area contributed by atoms with Crippen LogP contribution in [0.5, 0.6) is 5.88 Å². The van der Waals surface area contributed by atoms with Gasteiger partial charge in [-0.05, 0) is 18.6 Å². The fraction of sp³-hybridized carbons (Fsp3) is 0.389. The third-order valence-corrected chi connectivity index (χ3v) is 5.34. The molecule has 0 spiro atoms. The van der Waals surface area contributed by atoms with Crippen LogP contribution in [0, 0.1) is 6.57 Å². The van der Waals surface area contributed by atoms with Gasteiger partial charge in [-0.15, -0.1) is 0 Å². The summed E-state index contributed by atoms with van der Waals surface area (Å²) in [5, 5.41) is 10.7. The number of amides is 1. The number of alkyl halides is 3.